The van der Waals surface area contributed by atoms with Crippen LogP contribution in [0.4, 0.5) is 0 Å². The molecule has 1 aromatic carbocycles. The van der Waals surface area contributed by atoms with E-state index in [1.165, 1.54) is 51.1 Å². The minimum Gasteiger partial charge on any atom is -0.0715 e. The Morgan fingerprint density at radius 1 is 0.818 bits per heavy atom. The molecule has 2 heteroatoms. The van der Waals surface area contributed by atoms with Crippen LogP contribution in [-0.2, 0) is 0 Å². The van der Waals surface area contributed by atoms with Crippen LogP contribution < -0.4 is 10.6 Å². The topological polar surface area (TPSA) is 0 Å². The zero-order valence-electron chi connectivity index (χ0n) is 14.6. The van der Waals surface area contributed by atoms with Gasteiger partial charge in [0.25, 0.3) is 0 Å². The third kappa shape index (κ3) is 3.16. The van der Waals surface area contributed by atoms with Crippen molar-refractivity contribution in [1.82, 2.24) is 0 Å². The lowest BCUT2D eigenvalue weighted by atomic mass is 10.1. The van der Waals surface area contributed by atoms with Crippen LogP contribution >= 0.6 is 15.8 Å². The predicted octanol–water partition coefficient (Wildman–Crippen LogP) is 5.82. The van der Waals surface area contributed by atoms with Crippen molar-refractivity contribution in [3.05, 3.63) is 24.3 Å². The van der Waals surface area contributed by atoms with Gasteiger partial charge in [-0.05, 0) is 78.7 Å². The van der Waals surface area contributed by atoms with Crippen LogP contribution in [-0.4, -0.2) is 23.1 Å². The van der Waals surface area contributed by atoms with E-state index in [4.69, 9.17) is 0 Å². The van der Waals surface area contributed by atoms with Crippen molar-refractivity contribution >= 4 is 26.5 Å². The van der Waals surface area contributed by atoms with E-state index >= 15 is 0 Å². The Morgan fingerprint density at radius 2 is 1.41 bits per heavy atom. The molecule has 2 saturated heterocycles. The highest BCUT2D eigenvalue weighted by Crippen LogP contribution is 2.59. The second-order valence-corrected chi connectivity index (χ2v) is 12.4. The van der Waals surface area contributed by atoms with E-state index in [0.29, 0.717) is 0 Å². The van der Waals surface area contributed by atoms with Crippen LogP contribution in [0.15, 0.2) is 24.3 Å². The van der Waals surface area contributed by atoms with Crippen molar-refractivity contribution in [2.75, 3.05) is 6.16 Å². The maximum absolute atomic E-state index is 2.53. The first-order chi connectivity index (χ1) is 10.8. The molecule has 0 bridgehead atoms. The second kappa shape index (κ2) is 7.77. The Hall–Kier alpha value is 0.0800. The molecule has 2 fully saturated rings. The number of benzene rings is 1. The van der Waals surface area contributed by atoms with Gasteiger partial charge in [0.1, 0.15) is 0 Å². The Balaban J connectivity index is 1.96. The zero-order valence-corrected chi connectivity index (χ0v) is 16.4. The van der Waals surface area contributed by atoms with Gasteiger partial charge in [0.2, 0.25) is 0 Å². The maximum atomic E-state index is 2.53. The molecule has 2 heterocycles. The summed E-state index contributed by atoms with van der Waals surface area (Å²) in [6, 6.07) is 9.70. The highest BCUT2D eigenvalue weighted by molar-refractivity contribution is 7.73. The minimum absolute atomic E-state index is 0.0880. The van der Waals surface area contributed by atoms with Gasteiger partial charge in [0.05, 0.1) is 0 Å². The lowest BCUT2D eigenvalue weighted by molar-refractivity contribution is 0.696. The number of hydrogen-bond donors (Lipinski definition) is 0. The van der Waals surface area contributed by atoms with Gasteiger partial charge >= 0.3 is 0 Å². The average Bonchev–Trinajstić information content (AvgIpc) is 3.20. The van der Waals surface area contributed by atoms with E-state index in [2.05, 4.69) is 45.0 Å². The molecule has 1 aromatic rings. The Labute approximate surface area is 140 Å². The van der Waals surface area contributed by atoms with E-state index in [1.807, 2.05) is 10.6 Å². The van der Waals surface area contributed by atoms with E-state index in [0.717, 1.165) is 17.0 Å². The molecule has 1 unspecified atom stereocenters. The second-order valence-electron chi connectivity index (χ2n) is 7.00. The molecule has 0 saturated carbocycles. The molecule has 0 aliphatic carbocycles. The van der Waals surface area contributed by atoms with E-state index < -0.39 is 0 Å². The summed E-state index contributed by atoms with van der Waals surface area (Å²) in [7, 11) is 0.215. The van der Waals surface area contributed by atoms with Crippen molar-refractivity contribution in [2.45, 2.75) is 82.7 Å². The molecule has 22 heavy (non-hydrogen) atoms. The summed E-state index contributed by atoms with van der Waals surface area (Å²) in [5.41, 5.74) is 3.01. The molecule has 0 spiro atoms. The van der Waals surface area contributed by atoms with Crippen molar-refractivity contribution in [3.63, 3.8) is 0 Å². The highest BCUT2D eigenvalue weighted by atomic mass is 31.1. The summed E-state index contributed by atoms with van der Waals surface area (Å²) < 4.78 is 0. The predicted molar refractivity (Wildman–Crippen MR) is 105 cm³/mol. The average molecular weight is 334 g/mol. The van der Waals surface area contributed by atoms with Crippen molar-refractivity contribution in [2.24, 2.45) is 0 Å². The summed E-state index contributed by atoms with van der Waals surface area (Å²) in [6.45, 7) is 7.27. The molecule has 122 valence electrons. The summed E-state index contributed by atoms with van der Waals surface area (Å²) in [6.07, 6.45) is 11.6. The first-order valence-corrected chi connectivity index (χ1v) is 12.5. The molecular weight excluding hydrogens is 302 g/mol. The molecule has 0 nitrogen and oxygen atoms in total. The van der Waals surface area contributed by atoms with E-state index in [-0.39, 0.29) is 15.8 Å². The molecule has 0 N–H and O–H groups in total. The van der Waals surface area contributed by atoms with Gasteiger partial charge in [-0.25, -0.2) is 0 Å². The normalized spacial score (nSPS) is 32.7. The van der Waals surface area contributed by atoms with Gasteiger partial charge in [-0.1, -0.05) is 60.9 Å². The third-order valence-electron chi connectivity index (χ3n) is 5.88. The molecule has 0 amide bonds. The first-order valence-electron chi connectivity index (χ1n) is 9.44. The SMILES string of the molecule is CC[C@@H]1CCCP1c1ccccc1P1[C@H](CC)CC[C@H]1CC. The van der Waals surface area contributed by atoms with Gasteiger partial charge in [-0.2, -0.15) is 0 Å². The lowest BCUT2D eigenvalue weighted by Gasteiger charge is -2.30. The highest BCUT2D eigenvalue weighted by Gasteiger charge is 2.37. The lowest BCUT2D eigenvalue weighted by Crippen LogP contribution is -2.28. The maximum Gasteiger partial charge on any atom is -0.0158 e. The fourth-order valence-electron chi connectivity index (χ4n) is 4.66. The molecule has 2 aliphatic rings. The number of rotatable bonds is 5. The monoisotopic (exact) mass is 334 g/mol. The zero-order chi connectivity index (χ0) is 15.5. The van der Waals surface area contributed by atoms with Gasteiger partial charge in [0.15, 0.2) is 0 Å². The minimum atomic E-state index is 0.0880. The van der Waals surface area contributed by atoms with Gasteiger partial charge in [-0.15, -0.1) is 0 Å². The Morgan fingerprint density at radius 3 is 2.00 bits per heavy atom. The Bertz CT molecular complexity index is 472. The van der Waals surface area contributed by atoms with Crippen LogP contribution in [0, 0.1) is 0 Å². The summed E-state index contributed by atoms with van der Waals surface area (Å²) in [4.78, 5) is 0. The standard InChI is InChI=1S/C20H32P2/c1-4-16-10-9-15-21(16)19-11-7-8-12-20(19)22-17(5-2)13-14-18(22)6-3/h7-8,11-12,16-18H,4-6,9-10,13-15H2,1-3H3/t16-,17-,18-,21?/m1/s1. The van der Waals surface area contributed by atoms with Gasteiger partial charge < -0.3 is 0 Å². The summed E-state index contributed by atoms with van der Waals surface area (Å²) in [5, 5.41) is 3.66. The third-order valence-corrected chi connectivity index (χ3v) is 13.1. The molecule has 2 aliphatic heterocycles. The first kappa shape index (κ1) is 16.9. The van der Waals surface area contributed by atoms with Gasteiger partial charge in [-0.3, -0.25) is 0 Å². The molecule has 0 radical (unpaired) electrons. The quantitative estimate of drug-likeness (QED) is 0.595. The number of hydrogen-bond acceptors (Lipinski definition) is 0. The molecule has 4 atom stereocenters. The van der Waals surface area contributed by atoms with Crippen molar-refractivity contribution in [1.29, 1.82) is 0 Å². The van der Waals surface area contributed by atoms with E-state index in [1.54, 1.807) is 0 Å². The van der Waals surface area contributed by atoms with Gasteiger partial charge in [0, 0.05) is 0 Å². The fourth-order valence-corrected chi connectivity index (χ4v) is 12.1. The molecule has 0 aromatic heterocycles. The largest absolute Gasteiger partial charge is 0.0715 e. The van der Waals surface area contributed by atoms with Crippen molar-refractivity contribution < 1.29 is 0 Å². The van der Waals surface area contributed by atoms with Crippen molar-refractivity contribution in [3.8, 4) is 0 Å². The van der Waals surface area contributed by atoms with Crippen LogP contribution in [0.3, 0.4) is 0 Å². The van der Waals surface area contributed by atoms with Crippen LogP contribution in [0.1, 0.15) is 65.7 Å². The summed E-state index contributed by atoms with van der Waals surface area (Å²) >= 11 is 0. The smallest absolute Gasteiger partial charge is 0.0158 e. The Kier molecular flexibility index (Phi) is 5.97. The fraction of sp³-hybridized carbons (Fsp3) is 0.700. The molecule has 3 rings (SSSR count). The van der Waals surface area contributed by atoms with Crippen LogP contribution in [0.2, 0.25) is 0 Å². The van der Waals surface area contributed by atoms with Crippen LogP contribution in [0.5, 0.6) is 0 Å². The molecular formula is C20H32P2. The van der Waals surface area contributed by atoms with E-state index in [9.17, 15) is 0 Å². The summed E-state index contributed by atoms with van der Waals surface area (Å²) in [5.74, 6) is 0. The van der Waals surface area contributed by atoms with Crippen LogP contribution in [0.25, 0.3) is 0 Å².